The fraction of sp³-hybridized carbons (Fsp3) is 0.182. The number of nitro benzene ring substituents is 1. The first kappa shape index (κ1) is 12.2. The van der Waals surface area contributed by atoms with E-state index in [1.165, 1.54) is 29.1 Å². The summed E-state index contributed by atoms with van der Waals surface area (Å²) >= 11 is 0. The Hall–Kier alpha value is -2.31. The molecule has 2 aromatic rings. The molecule has 1 aromatic carbocycles. The second-order valence-electron chi connectivity index (χ2n) is 3.65. The third-order valence-corrected chi connectivity index (χ3v) is 2.54. The molecule has 0 radical (unpaired) electrons. The molecule has 0 atom stereocenters. The Labute approximate surface area is 101 Å². The topological polar surface area (TPSA) is 61.0 Å². The molecule has 7 heteroatoms. The van der Waals surface area contributed by atoms with E-state index in [0.717, 1.165) is 6.07 Å². The number of non-ortho nitro benzene ring substituents is 1. The van der Waals surface area contributed by atoms with Crippen LogP contribution in [0, 0.1) is 17.0 Å². The van der Waals surface area contributed by atoms with Gasteiger partial charge >= 0.3 is 0 Å². The third-order valence-electron chi connectivity index (χ3n) is 2.54. The average Bonchev–Trinajstić information content (AvgIpc) is 2.74. The number of hydrogen-bond acceptors (Lipinski definition) is 3. The van der Waals surface area contributed by atoms with Crippen molar-refractivity contribution in [3.63, 3.8) is 0 Å². The van der Waals surface area contributed by atoms with E-state index in [4.69, 9.17) is 0 Å². The highest BCUT2D eigenvalue weighted by Crippen LogP contribution is 2.30. The standard InChI is InChI=1S/C11H9F2N3O2/c1-7-14-4-5-15(7)10-3-2-8(16(17)18)6-9(10)11(12)13/h2-6,11H,1H3. The molecule has 0 saturated carbocycles. The summed E-state index contributed by atoms with van der Waals surface area (Å²) in [5.74, 6) is 0.533. The molecule has 0 N–H and O–H groups in total. The lowest BCUT2D eigenvalue weighted by Crippen LogP contribution is -2.02. The summed E-state index contributed by atoms with van der Waals surface area (Å²) in [6.45, 7) is 1.66. The molecule has 0 aliphatic heterocycles. The van der Waals surface area contributed by atoms with Crippen LogP contribution in [-0.4, -0.2) is 14.5 Å². The van der Waals surface area contributed by atoms with Gasteiger partial charge in [0.1, 0.15) is 5.82 Å². The molecule has 1 heterocycles. The zero-order valence-electron chi connectivity index (χ0n) is 9.38. The van der Waals surface area contributed by atoms with Gasteiger partial charge in [-0.15, -0.1) is 0 Å². The maximum Gasteiger partial charge on any atom is 0.270 e. The first-order valence-electron chi connectivity index (χ1n) is 5.07. The molecular weight excluding hydrogens is 244 g/mol. The monoisotopic (exact) mass is 253 g/mol. The van der Waals surface area contributed by atoms with Gasteiger partial charge in [0, 0.05) is 30.1 Å². The molecule has 1 aromatic heterocycles. The smallest absolute Gasteiger partial charge is 0.270 e. The summed E-state index contributed by atoms with van der Waals surface area (Å²) in [4.78, 5) is 13.8. The average molecular weight is 253 g/mol. The minimum absolute atomic E-state index is 0.200. The molecular formula is C11H9F2N3O2. The molecule has 0 saturated heterocycles. The fourth-order valence-electron chi connectivity index (χ4n) is 1.68. The SMILES string of the molecule is Cc1nccn1-c1ccc([N+](=O)[O-])cc1C(F)F. The Morgan fingerprint density at radius 3 is 2.67 bits per heavy atom. The van der Waals surface area contributed by atoms with Crippen molar-refractivity contribution in [1.82, 2.24) is 9.55 Å². The van der Waals surface area contributed by atoms with E-state index in [1.807, 2.05) is 0 Å². The van der Waals surface area contributed by atoms with Gasteiger partial charge in [-0.1, -0.05) is 0 Å². The third kappa shape index (κ3) is 2.06. The van der Waals surface area contributed by atoms with Crippen LogP contribution in [0.5, 0.6) is 0 Å². The number of benzene rings is 1. The molecule has 0 aliphatic rings. The van der Waals surface area contributed by atoms with E-state index < -0.39 is 11.3 Å². The maximum absolute atomic E-state index is 12.9. The van der Waals surface area contributed by atoms with Crippen molar-refractivity contribution in [2.24, 2.45) is 0 Å². The normalized spacial score (nSPS) is 10.9. The second kappa shape index (κ2) is 4.52. The highest BCUT2D eigenvalue weighted by molar-refractivity contribution is 5.49. The van der Waals surface area contributed by atoms with E-state index in [1.54, 1.807) is 6.92 Å². The van der Waals surface area contributed by atoms with Crippen molar-refractivity contribution in [3.8, 4) is 5.69 Å². The Morgan fingerprint density at radius 2 is 2.17 bits per heavy atom. The number of aryl methyl sites for hydroxylation is 1. The van der Waals surface area contributed by atoms with Crippen molar-refractivity contribution >= 4 is 5.69 Å². The van der Waals surface area contributed by atoms with Gasteiger partial charge in [0.15, 0.2) is 0 Å². The Morgan fingerprint density at radius 1 is 1.44 bits per heavy atom. The van der Waals surface area contributed by atoms with Crippen LogP contribution in [-0.2, 0) is 0 Å². The largest absolute Gasteiger partial charge is 0.304 e. The zero-order chi connectivity index (χ0) is 13.3. The van der Waals surface area contributed by atoms with Crippen molar-refractivity contribution in [2.75, 3.05) is 0 Å². The van der Waals surface area contributed by atoms with Crippen LogP contribution in [0.1, 0.15) is 17.8 Å². The van der Waals surface area contributed by atoms with E-state index in [2.05, 4.69) is 4.98 Å². The van der Waals surface area contributed by atoms with Crippen molar-refractivity contribution < 1.29 is 13.7 Å². The van der Waals surface area contributed by atoms with Crippen molar-refractivity contribution in [2.45, 2.75) is 13.3 Å². The zero-order valence-corrected chi connectivity index (χ0v) is 9.38. The van der Waals surface area contributed by atoms with Crippen LogP contribution in [0.25, 0.3) is 5.69 Å². The Kier molecular flexibility index (Phi) is 3.05. The van der Waals surface area contributed by atoms with Crippen LogP contribution < -0.4 is 0 Å². The van der Waals surface area contributed by atoms with E-state index in [-0.39, 0.29) is 16.9 Å². The first-order chi connectivity index (χ1) is 8.50. The molecule has 0 aliphatic carbocycles. The van der Waals surface area contributed by atoms with E-state index in [0.29, 0.717) is 5.82 Å². The maximum atomic E-state index is 12.9. The van der Waals surface area contributed by atoms with Gasteiger partial charge in [0.2, 0.25) is 0 Å². The van der Waals surface area contributed by atoms with Gasteiger partial charge in [0.05, 0.1) is 10.6 Å². The van der Waals surface area contributed by atoms with Gasteiger partial charge in [-0.2, -0.15) is 0 Å². The minimum atomic E-state index is -2.79. The summed E-state index contributed by atoms with van der Waals surface area (Å²) in [6.07, 6.45) is 0.218. The number of halogens is 2. The number of nitro groups is 1. The molecule has 0 amide bonds. The Bertz CT molecular complexity index is 596. The molecule has 0 fully saturated rings. The number of aromatic nitrogens is 2. The van der Waals surface area contributed by atoms with Gasteiger partial charge in [-0.25, -0.2) is 13.8 Å². The highest BCUT2D eigenvalue weighted by atomic mass is 19.3. The van der Waals surface area contributed by atoms with Crippen LogP contribution >= 0.6 is 0 Å². The number of alkyl halides is 2. The summed E-state index contributed by atoms with van der Waals surface area (Å²) in [6, 6.07) is 3.38. The second-order valence-corrected chi connectivity index (χ2v) is 3.65. The summed E-state index contributed by atoms with van der Waals surface area (Å²) in [5, 5.41) is 10.6. The molecule has 18 heavy (non-hydrogen) atoms. The predicted molar refractivity (Wildman–Crippen MR) is 59.9 cm³/mol. The lowest BCUT2D eigenvalue weighted by molar-refractivity contribution is -0.385. The summed E-state index contributed by atoms with van der Waals surface area (Å²) < 4.78 is 27.3. The van der Waals surface area contributed by atoms with Crippen LogP contribution in [0.2, 0.25) is 0 Å². The quantitative estimate of drug-likeness (QED) is 0.624. The van der Waals surface area contributed by atoms with Gasteiger partial charge in [-0.05, 0) is 13.0 Å². The fourth-order valence-corrected chi connectivity index (χ4v) is 1.68. The summed E-state index contributed by atoms with van der Waals surface area (Å²) in [5.41, 5.74) is -0.539. The number of hydrogen-bond donors (Lipinski definition) is 0. The molecule has 2 rings (SSSR count). The van der Waals surface area contributed by atoms with Crippen molar-refractivity contribution in [1.29, 1.82) is 0 Å². The molecule has 0 unspecified atom stereocenters. The molecule has 0 spiro atoms. The van der Waals surface area contributed by atoms with E-state index in [9.17, 15) is 18.9 Å². The Balaban J connectivity index is 2.61. The van der Waals surface area contributed by atoms with Gasteiger partial charge < -0.3 is 4.57 Å². The predicted octanol–water partition coefficient (Wildman–Crippen LogP) is 3.03. The first-order valence-corrected chi connectivity index (χ1v) is 5.07. The molecule has 94 valence electrons. The number of imidazole rings is 1. The molecule has 5 nitrogen and oxygen atoms in total. The molecule has 0 bridgehead atoms. The lowest BCUT2D eigenvalue weighted by atomic mass is 10.1. The van der Waals surface area contributed by atoms with E-state index >= 15 is 0 Å². The minimum Gasteiger partial charge on any atom is -0.304 e. The van der Waals surface area contributed by atoms with Gasteiger partial charge in [-0.3, -0.25) is 10.1 Å². The lowest BCUT2D eigenvalue weighted by Gasteiger charge is -2.10. The summed E-state index contributed by atoms with van der Waals surface area (Å²) in [7, 11) is 0. The number of rotatable bonds is 3. The van der Waals surface area contributed by atoms with Crippen LogP contribution in [0.15, 0.2) is 30.6 Å². The highest BCUT2D eigenvalue weighted by Gasteiger charge is 2.19. The van der Waals surface area contributed by atoms with Crippen LogP contribution in [0.3, 0.4) is 0 Å². The van der Waals surface area contributed by atoms with Crippen molar-refractivity contribution in [3.05, 3.63) is 52.1 Å². The number of nitrogens with zero attached hydrogens (tertiary/aromatic N) is 3. The van der Waals surface area contributed by atoms with Gasteiger partial charge in [0.25, 0.3) is 12.1 Å². The van der Waals surface area contributed by atoms with Crippen LogP contribution in [0.4, 0.5) is 14.5 Å².